The molecule has 0 spiro atoms. The van der Waals surface area contributed by atoms with Gasteiger partial charge >= 0.3 is 0 Å². The second kappa shape index (κ2) is 7.98. The lowest BCUT2D eigenvalue weighted by Gasteiger charge is -2.14. The van der Waals surface area contributed by atoms with Crippen molar-refractivity contribution in [2.75, 3.05) is 19.0 Å². The molecule has 0 bridgehead atoms. The van der Waals surface area contributed by atoms with Crippen molar-refractivity contribution in [1.29, 1.82) is 5.26 Å². The fourth-order valence-corrected chi connectivity index (χ4v) is 3.95. The number of ether oxygens (including phenoxy) is 1. The number of nitriles is 1. The second-order valence-corrected chi connectivity index (χ2v) is 7.13. The quantitative estimate of drug-likeness (QED) is 0.862. The summed E-state index contributed by atoms with van der Waals surface area (Å²) >= 11 is 1.43. The van der Waals surface area contributed by atoms with Crippen LogP contribution in [0.4, 0.5) is 5.00 Å². The largest absolute Gasteiger partial charge is 0.497 e. The van der Waals surface area contributed by atoms with E-state index in [1.807, 2.05) is 36.4 Å². The van der Waals surface area contributed by atoms with Crippen molar-refractivity contribution in [2.24, 2.45) is 10.9 Å². The maximum absolute atomic E-state index is 12.4. The normalized spacial score (nSPS) is 15.9. The Kier molecular flexibility index (Phi) is 5.49. The maximum Gasteiger partial charge on any atom is 0.229 e. The van der Waals surface area contributed by atoms with Crippen LogP contribution >= 0.6 is 11.3 Å². The van der Waals surface area contributed by atoms with Gasteiger partial charge in [0.1, 0.15) is 16.8 Å². The van der Waals surface area contributed by atoms with Crippen LogP contribution in [-0.2, 0) is 11.2 Å². The Morgan fingerprint density at radius 2 is 2.35 bits per heavy atom. The van der Waals surface area contributed by atoms with Crippen LogP contribution in [0.15, 0.2) is 41.4 Å². The molecule has 134 valence electrons. The van der Waals surface area contributed by atoms with Crippen molar-refractivity contribution >= 4 is 34.0 Å². The molecule has 1 unspecified atom stereocenters. The lowest BCUT2D eigenvalue weighted by Crippen LogP contribution is -2.14. The molecular formula is C20H21N3O2S. The molecule has 2 aromatic rings. The molecule has 2 heterocycles. The van der Waals surface area contributed by atoms with Crippen LogP contribution in [0.3, 0.4) is 0 Å². The van der Waals surface area contributed by atoms with Gasteiger partial charge in [-0.3, -0.25) is 9.79 Å². The molecule has 1 aliphatic heterocycles. The molecule has 1 N–H and O–H groups in total. The van der Waals surface area contributed by atoms with Crippen molar-refractivity contribution in [3.8, 4) is 11.8 Å². The summed E-state index contributed by atoms with van der Waals surface area (Å²) in [5, 5.41) is 12.9. The molecule has 1 atom stereocenters. The number of anilines is 1. The molecule has 1 aliphatic rings. The van der Waals surface area contributed by atoms with Gasteiger partial charge in [-0.2, -0.15) is 5.26 Å². The first kappa shape index (κ1) is 17.9. The molecule has 1 amide bonds. The molecule has 26 heavy (non-hydrogen) atoms. The zero-order valence-corrected chi connectivity index (χ0v) is 15.5. The fraction of sp³-hybridized carbons (Fsp3) is 0.250. The number of aliphatic imine (C=N–C) groups is 1. The summed E-state index contributed by atoms with van der Waals surface area (Å²) < 4.78 is 5.18. The van der Waals surface area contributed by atoms with E-state index in [1.54, 1.807) is 13.3 Å². The van der Waals surface area contributed by atoms with Gasteiger partial charge < -0.3 is 10.1 Å². The molecule has 1 aromatic carbocycles. The number of carbonyl (C=O) groups is 1. The number of amides is 1. The Bertz CT molecular complexity index is 928. The number of allylic oxidation sites excluding steroid dienone is 1. The number of benzene rings is 1. The lowest BCUT2D eigenvalue weighted by atomic mass is 9.97. The Labute approximate surface area is 158 Å². The zero-order valence-electron chi connectivity index (χ0n) is 14.7. The number of nitrogens with zero attached hydrogens (tertiary/aromatic N) is 2. The van der Waals surface area contributed by atoms with Crippen LogP contribution in [-0.4, -0.2) is 25.8 Å². The van der Waals surface area contributed by atoms with E-state index in [-0.39, 0.29) is 13.8 Å². The lowest BCUT2D eigenvalue weighted by molar-refractivity contribution is -0.115. The highest BCUT2D eigenvalue weighted by atomic mass is 32.1. The fourth-order valence-electron chi connectivity index (χ4n) is 2.79. The highest BCUT2D eigenvalue weighted by Crippen LogP contribution is 2.36. The number of nitrogens with one attached hydrogen (secondary N) is 1. The number of hydrogen-bond acceptors (Lipinski definition) is 5. The van der Waals surface area contributed by atoms with E-state index in [4.69, 9.17) is 4.74 Å². The molecule has 0 radical (unpaired) electrons. The zero-order chi connectivity index (χ0) is 18.5. The summed E-state index contributed by atoms with van der Waals surface area (Å²) in [5.74, 6) is 0.854. The van der Waals surface area contributed by atoms with Crippen LogP contribution in [0.2, 0.25) is 0 Å². The van der Waals surface area contributed by atoms with Crippen LogP contribution in [0, 0.1) is 17.2 Å². The summed E-state index contributed by atoms with van der Waals surface area (Å²) in [6, 6.07) is 11.4. The number of rotatable bonds is 5. The molecule has 6 heteroatoms. The van der Waals surface area contributed by atoms with Crippen molar-refractivity contribution in [3.05, 3.63) is 52.4 Å². The number of thiophene rings is 1. The molecular weight excluding hydrogens is 346 g/mol. The van der Waals surface area contributed by atoms with E-state index in [0.29, 0.717) is 22.2 Å². The molecule has 0 saturated heterocycles. The van der Waals surface area contributed by atoms with Gasteiger partial charge in [0.25, 0.3) is 0 Å². The van der Waals surface area contributed by atoms with Crippen LogP contribution in [0.5, 0.6) is 5.75 Å². The molecule has 1 aromatic heterocycles. The molecule has 0 aliphatic carbocycles. The van der Waals surface area contributed by atoms with Crippen LogP contribution < -0.4 is 10.1 Å². The Hall–Kier alpha value is -2.91. The van der Waals surface area contributed by atoms with Crippen LogP contribution in [0.1, 0.15) is 24.4 Å². The average Bonchev–Trinajstić information content (AvgIpc) is 3.04. The number of hydrogen-bond donors (Lipinski definition) is 1. The van der Waals surface area contributed by atoms with Crippen molar-refractivity contribution in [1.82, 2.24) is 0 Å². The first-order valence-corrected chi connectivity index (χ1v) is 9.09. The van der Waals surface area contributed by atoms with Gasteiger partial charge in [0.15, 0.2) is 0 Å². The number of dihydropyridines is 1. The van der Waals surface area contributed by atoms with E-state index >= 15 is 0 Å². The number of carbonyl (C=O) groups excluding carboxylic acids is 1. The molecule has 3 rings (SSSR count). The van der Waals surface area contributed by atoms with Gasteiger partial charge in [0.2, 0.25) is 5.91 Å². The molecule has 0 saturated carbocycles. The van der Waals surface area contributed by atoms with E-state index in [2.05, 4.69) is 23.3 Å². The van der Waals surface area contributed by atoms with Crippen molar-refractivity contribution < 1.29 is 11.0 Å². The minimum atomic E-state index is -0.157. The van der Waals surface area contributed by atoms with E-state index < -0.39 is 0 Å². The summed E-state index contributed by atoms with van der Waals surface area (Å²) in [6.07, 6.45) is 3.99. The number of methoxy groups -OCH3 is 1. The van der Waals surface area contributed by atoms with E-state index in [0.717, 1.165) is 22.6 Å². The summed E-state index contributed by atoms with van der Waals surface area (Å²) in [4.78, 5) is 17.7. The average molecular weight is 367 g/mol. The van der Waals surface area contributed by atoms with E-state index in [1.165, 1.54) is 11.3 Å². The van der Waals surface area contributed by atoms with Crippen molar-refractivity contribution in [2.45, 2.75) is 13.3 Å². The monoisotopic (exact) mass is 367 g/mol. The Balaban J connectivity index is 0.00000261. The van der Waals surface area contributed by atoms with Gasteiger partial charge in [0.05, 0.1) is 19.1 Å². The third kappa shape index (κ3) is 4.01. The summed E-state index contributed by atoms with van der Waals surface area (Å²) in [5.41, 5.74) is 2.49. The van der Waals surface area contributed by atoms with E-state index in [9.17, 15) is 10.1 Å². The predicted molar refractivity (Wildman–Crippen MR) is 107 cm³/mol. The predicted octanol–water partition coefficient (Wildman–Crippen LogP) is 4.16. The molecule has 0 fully saturated rings. The second-order valence-electron chi connectivity index (χ2n) is 6.08. The SMILES string of the molecule is COc1cccc(CC(=O)Nc2sc(C3=CC=NCC3C)cc2C#N)c1.[HH]. The van der Waals surface area contributed by atoms with Crippen LogP contribution in [0.25, 0.3) is 5.57 Å². The smallest absolute Gasteiger partial charge is 0.229 e. The first-order chi connectivity index (χ1) is 12.6. The molecule has 5 nitrogen and oxygen atoms in total. The minimum Gasteiger partial charge on any atom is -0.497 e. The third-order valence-corrected chi connectivity index (χ3v) is 5.26. The Morgan fingerprint density at radius 3 is 3.08 bits per heavy atom. The maximum atomic E-state index is 12.4. The van der Waals surface area contributed by atoms with Gasteiger partial charge in [-0.05, 0) is 35.4 Å². The van der Waals surface area contributed by atoms with Gasteiger partial charge in [0, 0.05) is 25.0 Å². The third-order valence-electron chi connectivity index (χ3n) is 4.16. The minimum absolute atomic E-state index is 0. The topological polar surface area (TPSA) is 74.5 Å². The van der Waals surface area contributed by atoms with Gasteiger partial charge in [-0.25, -0.2) is 0 Å². The summed E-state index contributed by atoms with van der Waals surface area (Å²) in [7, 11) is 1.59. The highest BCUT2D eigenvalue weighted by molar-refractivity contribution is 7.17. The van der Waals surface area contributed by atoms with Gasteiger partial charge in [-0.1, -0.05) is 19.1 Å². The Morgan fingerprint density at radius 1 is 1.50 bits per heavy atom. The first-order valence-electron chi connectivity index (χ1n) is 8.27. The summed E-state index contributed by atoms with van der Waals surface area (Å²) in [6.45, 7) is 2.85. The van der Waals surface area contributed by atoms with Gasteiger partial charge in [-0.15, -0.1) is 11.3 Å². The standard InChI is InChI=1S/C20H19N3O2S.H2/c1-13-12-22-7-6-17(13)18-10-15(11-21)20(26-18)23-19(24)9-14-4-3-5-16(8-14)25-2;/h3-8,10,13H,9,12H2,1-2H3,(H,23,24);1H. The highest BCUT2D eigenvalue weighted by Gasteiger charge is 2.19. The van der Waals surface area contributed by atoms with Crippen molar-refractivity contribution in [3.63, 3.8) is 0 Å².